The number of rotatable bonds is 5. The van der Waals surface area contributed by atoms with Crippen LogP contribution >= 0.6 is 0 Å². The summed E-state index contributed by atoms with van der Waals surface area (Å²) in [6.07, 6.45) is 12.5. The molecule has 2 atom stereocenters. The van der Waals surface area contributed by atoms with Crippen molar-refractivity contribution in [3.63, 3.8) is 0 Å². The first-order chi connectivity index (χ1) is 12.7. The molecule has 1 aromatic carbocycles. The molecule has 140 valence electrons. The third kappa shape index (κ3) is 4.87. The molecule has 1 aromatic rings. The summed E-state index contributed by atoms with van der Waals surface area (Å²) in [5.74, 6) is 2.74. The SMILES string of the molecule is C#CCN1CCCCC1C(=O)Nc1ccc(CN2CCCCC2C)cc1. The number of terminal acetylenes is 1. The van der Waals surface area contributed by atoms with Gasteiger partial charge in [-0.25, -0.2) is 0 Å². The number of anilines is 1. The second-order valence-corrected chi connectivity index (χ2v) is 7.69. The molecule has 4 nitrogen and oxygen atoms in total. The molecule has 2 aliphatic rings. The van der Waals surface area contributed by atoms with Gasteiger partial charge in [0.25, 0.3) is 0 Å². The molecule has 0 bridgehead atoms. The smallest absolute Gasteiger partial charge is 0.241 e. The Balaban J connectivity index is 1.56. The van der Waals surface area contributed by atoms with Crippen LogP contribution in [0, 0.1) is 12.3 Å². The fourth-order valence-corrected chi connectivity index (χ4v) is 4.14. The van der Waals surface area contributed by atoms with Crippen molar-refractivity contribution in [2.45, 2.75) is 64.1 Å². The zero-order chi connectivity index (χ0) is 18.4. The van der Waals surface area contributed by atoms with Crippen LogP contribution in [0.5, 0.6) is 0 Å². The van der Waals surface area contributed by atoms with Crippen molar-refractivity contribution >= 4 is 11.6 Å². The summed E-state index contributed by atoms with van der Waals surface area (Å²) >= 11 is 0. The topological polar surface area (TPSA) is 35.6 Å². The molecule has 2 saturated heterocycles. The van der Waals surface area contributed by atoms with Crippen LogP contribution < -0.4 is 5.32 Å². The summed E-state index contributed by atoms with van der Waals surface area (Å²) in [7, 11) is 0. The minimum atomic E-state index is -0.103. The molecule has 2 unspecified atom stereocenters. The van der Waals surface area contributed by atoms with E-state index in [1.165, 1.54) is 31.4 Å². The van der Waals surface area contributed by atoms with Crippen LogP contribution in [-0.4, -0.2) is 47.4 Å². The zero-order valence-electron chi connectivity index (χ0n) is 15.9. The summed E-state index contributed by atoms with van der Waals surface area (Å²) in [6.45, 7) is 5.96. The summed E-state index contributed by atoms with van der Waals surface area (Å²) < 4.78 is 0. The van der Waals surface area contributed by atoms with Crippen molar-refractivity contribution in [2.24, 2.45) is 0 Å². The van der Waals surface area contributed by atoms with Gasteiger partial charge in [-0.1, -0.05) is 30.9 Å². The normalized spacial score (nSPS) is 24.8. The Morgan fingerprint density at radius 2 is 1.81 bits per heavy atom. The van der Waals surface area contributed by atoms with Crippen LogP contribution in [0.15, 0.2) is 24.3 Å². The Hall–Kier alpha value is -1.83. The molecule has 0 spiro atoms. The first-order valence-electron chi connectivity index (χ1n) is 9.99. The molecule has 0 saturated carbocycles. The van der Waals surface area contributed by atoms with Crippen molar-refractivity contribution in [2.75, 3.05) is 25.0 Å². The highest BCUT2D eigenvalue weighted by atomic mass is 16.2. The van der Waals surface area contributed by atoms with Crippen LogP contribution in [0.3, 0.4) is 0 Å². The van der Waals surface area contributed by atoms with Gasteiger partial charge in [0, 0.05) is 18.3 Å². The number of likely N-dealkylation sites (tertiary alicyclic amines) is 2. The van der Waals surface area contributed by atoms with Gasteiger partial charge in [-0.15, -0.1) is 6.42 Å². The number of nitrogens with one attached hydrogen (secondary N) is 1. The van der Waals surface area contributed by atoms with Crippen LogP contribution in [0.4, 0.5) is 5.69 Å². The van der Waals surface area contributed by atoms with Crippen molar-refractivity contribution in [1.29, 1.82) is 0 Å². The summed E-state index contributed by atoms with van der Waals surface area (Å²) in [5, 5.41) is 3.08. The van der Waals surface area contributed by atoms with Crippen molar-refractivity contribution < 1.29 is 4.79 Å². The molecular weight excluding hydrogens is 322 g/mol. The summed E-state index contributed by atoms with van der Waals surface area (Å²) in [5.41, 5.74) is 2.18. The molecule has 4 heteroatoms. The molecule has 1 amide bonds. The summed E-state index contributed by atoms with van der Waals surface area (Å²) in [4.78, 5) is 17.3. The first-order valence-corrected chi connectivity index (χ1v) is 9.99. The Morgan fingerprint density at radius 3 is 2.50 bits per heavy atom. The number of hydrogen-bond acceptors (Lipinski definition) is 3. The van der Waals surface area contributed by atoms with E-state index < -0.39 is 0 Å². The minimum Gasteiger partial charge on any atom is -0.325 e. The lowest BCUT2D eigenvalue weighted by Crippen LogP contribution is -2.47. The third-order valence-electron chi connectivity index (χ3n) is 5.76. The highest BCUT2D eigenvalue weighted by Gasteiger charge is 2.28. The molecule has 2 heterocycles. The quantitative estimate of drug-likeness (QED) is 0.823. The highest BCUT2D eigenvalue weighted by molar-refractivity contribution is 5.94. The lowest BCUT2D eigenvalue weighted by atomic mass is 10.0. The van der Waals surface area contributed by atoms with Gasteiger partial charge in [0.05, 0.1) is 12.6 Å². The number of carbonyl (C=O) groups excluding carboxylic acids is 1. The second kappa shape index (κ2) is 9.21. The van der Waals surface area contributed by atoms with E-state index in [0.717, 1.165) is 38.0 Å². The number of benzene rings is 1. The molecule has 0 radical (unpaired) electrons. The Bertz CT molecular complexity index is 634. The maximum Gasteiger partial charge on any atom is 0.241 e. The lowest BCUT2D eigenvalue weighted by molar-refractivity contribution is -0.122. The van der Waals surface area contributed by atoms with Gasteiger partial charge in [0.1, 0.15) is 0 Å². The van der Waals surface area contributed by atoms with Crippen molar-refractivity contribution in [3.05, 3.63) is 29.8 Å². The van der Waals surface area contributed by atoms with E-state index in [1.807, 2.05) is 12.1 Å². The molecular formula is C22H31N3O. The number of carbonyl (C=O) groups is 1. The zero-order valence-corrected chi connectivity index (χ0v) is 15.9. The summed E-state index contributed by atoms with van der Waals surface area (Å²) in [6, 6.07) is 8.88. The van der Waals surface area contributed by atoms with Crippen molar-refractivity contribution in [1.82, 2.24) is 9.80 Å². The van der Waals surface area contributed by atoms with Gasteiger partial charge in [0.15, 0.2) is 0 Å². The van der Waals surface area contributed by atoms with Gasteiger partial charge >= 0.3 is 0 Å². The third-order valence-corrected chi connectivity index (χ3v) is 5.76. The van der Waals surface area contributed by atoms with Gasteiger partial charge in [-0.05, 0) is 63.4 Å². The fourth-order valence-electron chi connectivity index (χ4n) is 4.14. The monoisotopic (exact) mass is 353 g/mol. The fraction of sp³-hybridized carbons (Fsp3) is 0.591. The van der Waals surface area contributed by atoms with Gasteiger partial charge in [-0.2, -0.15) is 0 Å². The van der Waals surface area contributed by atoms with Crippen LogP contribution in [0.1, 0.15) is 51.0 Å². The molecule has 1 N–H and O–H groups in total. The largest absolute Gasteiger partial charge is 0.325 e. The molecule has 2 aliphatic heterocycles. The van der Waals surface area contributed by atoms with E-state index in [9.17, 15) is 4.79 Å². The minimum absolute atomic E-state index is 0.0670. The molecule has 0 aliphatic carbocycles. The van der Waals surface area contributed by atoms with E-state index in [1.54, 1.807) is 0 Å². The van der Waals surface area contributed by atoms with E-state index in [2.05, 4.69) is 40.1 Å². The predicted octanol–water partition coefficient (Wildman–Crippen LogP) is 3.49. The number of piperidine rings is 2. The van der Waals surface area contributed by atoms with Gasteiger partial charge in [-0.3, -0.25) is 14.6 Å². The number of amides is 1. The van der Waals surface area contributed by atoms with E-state index in [4.69, 9.17) is 6.42 Å². The van der Waals surface area contributed by atoms with Gasteiger partial charge < -0.3 is 5.32 Å². The second-order valence-electron chi connectivity index (χ2n) is 7.69. The first kappa shape index (κ1) is 18.9. The van der Waals surface area contributed by atoms with Crippen molar-refractivity contribution in [3.8, 4) is 12.3 Å². The Labute approximate surface area is 157 Å². The lowest BCUT2D eigenvalue weighted by Gasteiger charge is -2.33. The predicted molar refractivity (Wildman–Crippen MR) is 107 cm³/mol. The van der Waals surface area contributed by atoms with E-state index in [0.29, 0.717) is 12.6 Å². The standard InChI is InChI=1S/C22H31N3O/c1-3-14-24-15-7-5-9-21(24)22(26)23-20-12-10-19(11-13-20)17-25-16-6-4-8-18(25)2/h1,10-13,18,21H,4-9,14-17H2,2H3,(H,23,26). The van der Waals surface area contributed by atoms with Crippen LogP contribution in [0.2, 0.25) is 0 Å². The average Bonchev–Trinajstić information content (AvgIpc) is 2.66. The Morgan fingerprint density at radius 1 is 1.12 bits per heavy atom. The molecule has 0 aromatic heterocycles. The van der Waals surface area contributed by atoms with Crippen LogP contribution in [0.25, 0.3) is 0 Å². The maximum atomic E-state index is 12.7. The molecule has 26 heavy (non-hydrogen) atoms. The number of nitrogens with zero attached hydrogens (tertiary/aromatic N) is 2. The van der Waals surface area contributed by atoms with E-state index >= 15 is 0 Å². The Kier molecular flexibility index (Phi) is 6.71. The van der Waals surface area contributed by atoms with Gasteiger partial charge in [0.2, 0.25) is 5.91 Å². The average molecular weight is 354 g/mol. The van der Waals surface area contributed by atoms with Crippen LogP contribution in [-0.2, 0) is 11.3 Å². The molecule has 3 rings (SSSR count). The maximum absolute atomic E-state index is 12.7. The number of hydrogen-bond donors (Lipinski definition) is 1. The molecule has 2 fully saturated rings. The van der Waals surface area contributed by atoms with E-state index in [-0.39, 0.29) is 11.9 Å². The highest BCUT2D eigenvalue weighted by Crippen LogP contribution is 2.21.